The normalized spacial score (nSPS) is 22.5. The van der Waals surface area contributed by atoms with Crippen LogP contribution in [0.15, 0.2) is 12.1 Å². The van der Waals surface area contributed by atoms with Gasteiger partial charge >= 0.3 is 0 Å². The van der Waals surface area contributed by atoms with Crippen LogP contribution in [0.25, 0.3) is 0 Å². The number of benzene rings is 1. The average molecular weight is 245 g/mol. The lowest BCUT2D eigenvalue weighted by atomic mass is 9.85. The molecule has 0 saturated heterocycles. The standard InChI is InChI=1S/C16H23NO/c17-16(8-4-5-9-16)14-10-12-6-2-1-3-7-13(12)11-15(14)18/h10-11,18H,1-9,17H2. The average Bonchev–Trinajstić information content (AvgIpc) is 2.66. The largest absolute Gasteiger partial charge is 0.508 e. The molecule has 2 nitrogen and oxygen atoms in total. The topological polar surface area (TPSA) is 46.2 Å². The third-order valence-corrected chi connectivity index (χ3v) is 4.74. The van der Waals surface area contributed by atoms with Crippen molar-refractivity contribution in [3.8, 4) is 5.75 Å². The number of rotatable bonds is 1. The van der Waals surface area contributed by atoms with Gasteiger partial charge in [-0.2, -0.15) is 0 Å². The maximum Gasteiger partial charge on any atom is 0.120 e. The Morgan fingerprint density at radius 1 is 0.889 bits per heavy atom. The van der Waals surface area contributed by atoms with Crippen LogP contribution < -0.4 is 5.73 Å². The Balaban J connectivity index is 2.02. The van der Waals surface area contributed by atoms with Crippen molar-refractivity contribution >= 4 is 0 Å². The van der Waals surface area contributed by atoms with Gasteiger partial charge in [0.25, 0.3) is 0 Å². The fraction of sp³-hybridized carbons (Fsp3) is 0.625. The van der Waals surface area contributed by atoms with Crippen molar-refractivity contribution in [1.82, 2.24) is 0 Å². The maximum atomic E-state index is 10.3. The van der Waals surface area contributed by atoms with Gasteiger partial charge in [0.15, 0.2) is 0 Å². The predicted octanol–water partition coefficient (Wildman–Crippen LogP) is 3.39. The van der Waals surface area contributed by atoms with Crippen LogP contribution in [0.4, 0.5) is 0 Å². The number of aryl methyl sites for hydroxylation is 2. The SMILES string of the molecule is NC1(c2cc3c(cc2O)CCCCC3)CCCC1. The Kier molecular flexibility index (Phi) is 3.06. The maximum absolute atomic E-state index is 10.3. The molecule has 0 aromatic heterocycles. The lowest BCUT2D eigenvalue weighted by molar-refractivity contribution is 0.408. The second-order valence-electron chi connectivity index (χ2n) is 6.06. The van der Waals surface area contributed by atoms with Crippen molar-refractivity contribution < 1.29 is 5.11 Å². The van der Waals surface area contributed by atoms with Gasteiger partial charge in [-0.25, -0.2) is 0 Å². The van der Waals surface area contributed by atoms with Gasteiger partial charge in [0, 0.05) is 11.1 Å². The van der Waals surface area contributed by atoms with Crippen LogP contribution in [0.5, 0.6) is 5.75 Å². The zero-order valence-corrected chi connectivity index (χ0v) is 11.0. The molecule has 98 valence electrons. The highest BCUT2D eigenvalue weighted by molar-refractivity contribution is 5.46. The highest BCUT2D eigenvalue weighted by Crippen LogP contribution is 2.42. The van der Waals surface area contributed by atoms with Crippen molar-refractivity contribution in [2.45, 2.75) is 63.3 Å². The molecule has 0 bridgehead atoms. The molecule has 2 aliphatic rings. The fourth-order valence-corrected chi connectivity index (χ4v) is 3.62. The van der Waals surface area contributed by atoms with Crippen LogP contribution >= 0.6 is 0 Å². The molecular formula is C16H23NO. The van der Waals surface area contributed by atoms with Crippen LogP contribution in [0, 0.1) is 0 Å². The molecule has 0 heterocycles. The molecule has 0 unspecified atom stereocenters. The zero-order valence-electron chi connectivity index (χ0n) is 11.0. The van der Waals surface area contributed by atoms with E-state index in [1.54, 1.807) is 0 Å². The highest BCUT2D eigenvalue weighted by Gasteiger charge is 2.34. The van der Waals surface area contributed by atoms with Gasteiger partial charge in [-0.15, -0.1) is 0 Å². The van der Waals surface area contributed by atoms with Crippen LogP contribution in [0.2, 0.25) is 0 Å². The van der Waals surface area contributed by atoms with Gasteiger partial charge in [-0.05, 0) is 61.8 Å². The Bertz CT molecular complexity index is 447. The number of hydrogen-bond acceptors (Lipinski definition) is 2. The molecule has 0 radical (unpaired) electrons. The van der Waals surface area contributed by atoms with E-state index in [4.69, 9.17) is 5.73 Å². The van der Waals surface area contributed by atoms with Gasteiger partial charge in [0.05, 0.1) is 0 Å². The molecule has 0 atom stereocenters. The van der Waals surface area contributed by atoms with E-state index < -0.39 is 0 Å². The molecule has 1 fully saturated rings. The Hall–Kier alpha value is -1.02. The molecule has 0 aliphatic heterocycles. The molecular weight excluding hydrogens is 222 g/mol. The van der Waals surface area contributed by atoms with Crippen molar-refractivity contribution in [2.75, 3.05) is 0 Å². The molecule has 0 amide bonds. The first-order valence-electron chi connectivity index (χ1n) is 7.33. The zero-order chi connectivity index (χ0) is 12.6. The predicted molar refractivity (Wildman–Crippen MR) is 73.7 cm³/mol. The van der Waals surface area contributed by atoms with Crippen LogP contribution in [-0.2, 0) is 18.4 Å². The second kappa shape index (κ2) is 4.58. The first kappa shape index (κ1) is 12.0. The molecule has 3 rings (SSSR count). The number of nitrogens with two attached hydrogens (primary N) is 1. The summed E-state index contributed by atoms with van der Waals surface area (Å²) in [5.41, 5.74) is 9.99. The first-order valence-corrected chi connectivity index (χ1v) is 7.33. The number of phenols is 1. The summed E-state index contributed by atoms with van der Waals surface area (Å²) in [7, 11) is 0. The van der Waals surface area contributed by atoms with Gasteiger partial charge in [-0.1, -0.05) is 19.3 Å². The van der Waals surface area contributed by atoms with E-state index >= 15 is 0 Å². The summed E-state index contributed by atoms with van der Waals surface area (Å²) in [6.07, 6.45) is 10.5. The quantitative estimate of drug-likeness (QED) is 0.745. The summed E-state index contributed by atoms with van der Waals surface area (Å²) >= 11 is 0. The minimum Gasteiger partial charge on any atom is -0.508 e. The Morgan fingerprint density at radius 3 is 2.17 bits per heavy atom. The first-order chi connectivity index (χ1) is 8.69. The van der Waals surface area contributed by atoms with E-state index in [9.17, 15) is 5.11 Å². The van der Waals surface area contributed by atoms with Crippen LogP contribution in [0.3, 0.4) is 0 Å². The fourth-order valence-electron chi connectivity index (χ4n) is 3.62. The molecule has 1 saturated carbocycles. The van der Waals surface area contributed by atoms with Crippen molar-refractivity contribution in [2.24, 2.45) is 5.73 Å². The van der Waals surface area contributed by atoms with E-state index in [2.05, 4.69) is 6.07 Å². The number of fused-ring (bicyclic) bond motifs is 1. The molecule has 3 N–H and O–H groups in total. The number of hydrogen-bond donors (Lipinski definition) is 2. The van der Waals surface area contributed by atoms with Crippen molar-refractivity contribution in [3.63, 3.8) is 0 Å². The Labute approximate surface area is 109 Å². The molecule has 18 heavy (non-hydrogen) atoms. The van der Waals surface area contributed by atoms with Crippen molar-refractivity contribution in [1.29, 1.82) is 0 Å². The Morgan fingerprint density at radius 2 is 1.50 bits per heavy atom. The number of phenolic OH excluding ortho intramolecular Hbond substituents is 1. The smallest absolute Gasteiger partial charge is 0.120 e. The monoisotopic (exact) mass is 245 g/mol. The molecule has 0 spiro atoms. The third kappa shape index (κ3) is 2.03. The van der Waals surface area contributed by atoms with E-state index in [1.165, 1.54) is 43.2 Å². The lowest BCUT2D eigenvalue weighted by Crippen LogP contribution is -2.33. The van der Waals surface area contributed by atoms with E-state index in [-0.39, 0.29) is 5.54 Å². The summed E-state index contributed by atoms with van der Waals surface area (Å²) < 4.78 is 0. The summed E-state index contributed by atoms with van der Waals surface area (Å²) in [5.74, 6) is 0.431. The summed E-state index contributed by atoms with van der Waals surface area (Å²) in [6, 6.07) is 4.20. The second-order valence-corrected chi connectivity index (χ2v) is 6.06. The van der Waals surface area contributed by atoms with E-state index in [0.717, 1.165) is 31.2 Å². The highest BCUT2D eigenvalue weighted by atomic mass is 16.3. The minimum absolute atomic E-state index is 0.272. The van der Waals surface area contributed by atoms with Gasteiger partial charge in [-0.3, -0.25) is 0 Å². The molecule has 1 aromatic carbocycles. The minimum atomic E-state index is -0.272. The van der Waals surface area contributed by atoms with Gasteiger partial charge in [0.2, 0.25) is 0 Å². The van der Waals surface area contributed by atoms with E-state index in [0.29, 0.717) is 5.75 Å². The molecule has 1 aromatic rings. The summed E-state index contributed by atoms with van der Waals surface area (Å²) in [6.45, 7) is 0. The van der Waals surface area contributed by atoms with E-state index in [1.807, 2.05) is 6.07 Å². The third-order valence-electron chi connectivity index (χ3n) is 4.74. The van der Waals surface area contributed by atoms with Crippen LogP contribution in [-0.4, -0.2) is 5.11 Å². The summed E-state index contributed by atoms with van der Waals surface area (Å²) in [4.78, 5) is 0. The number of aromatic hydroxyl groups is 1. The van der Waals surface area contributed by atoms with Gasteiger partial charge < -0.3 is 10.8 Å². The summed E-state index contributed by atoms with van der Waals surface area (Å²) in [5, 5.41) is 10.3. The van der Waals surface area contributed by atoms with Crippen LogP contribution in [0.1, 0.15) is 61.6 Å². The van der Waals surface area contributed by atoms with Gasteiger partial charge in [0.1, 0.15) is 5.75 Å². The molecule has 2 aliphatic carbocycles. The lowest BCUT2D eigenvalue weighted by Gasteiger charge is -2.26. The van der Waals surface area contributed by atoms with Crippen molar-refractivity contribution in [3.05, 3.63) is 28.8 Å². The molecule has 2 heteroatoms.